The van der Waals surface area contributed by atoms with Gasteiger partial charge in [-0.2, -0.15) is 0 Å². The Kier molecular flexibility index (Phi) is 4.47. The van der Waals surface area contributed by atoms with E-state index in [1.165, 1.54) is 6.07 Å². The Morgan fingerprint density at radius 3 is 2.50 bits per heavy atom. The predicted molar refractivity (Wildman–Crippen MR) is 60.6 cm³/mol. The van der Waals surface area contributed by atoms with Gasteiger partial charge in [0.2, 0.25) is 0 Å². The third-order valence-corrected chi connectivity index (χ3v) is 2.45. The van der Waals surface area contributed by atoms with Crippen molar-refractivity contribution in [1.29, 1.82) is 0 Å². The van der Waals surface area contributed by atoms with Crippen LogP contribution in [0.2, 0.25) is 0 Å². The van der Waals surface area contributed by atoms with Crippen LogP contribution in [0.5, 0.6) is 0 Å². The molecule has 2 nitrogen and oxygen atoms in total. The average molecular weight is 224 g/mol. The molecule has 1 unspecified atom stereocenters. The summed E-state index contributed by atoms with van der Waals surface area (Å²) in [5, 5.41) is 0. The summed E-state index contributed by atoms with van der Waals surface area (Å²) in [6.45, 7) is 5.83. The first-order valence-corrected chi connectivity index (χ1v) is 5.49. The molecule has 16 heavy (non-hydrogen) atoms. The lowest BCUT2D eigenvalue weighted by Crippen LogP contribution is -2.21. The molecule has 0 fully saturated rings. The van der Waals surface area contributed by atoms with Crippen molar-refractivity contribution in [3.05, 3.63) is 35.6 Å². The number of carbonyl (C=O) groups excluding carboxylic acids is 1. The summed E-state index contributed by atoms with van der Waals surface area (Å²) in [5.74, 6) is -1.23. The second-order valence-electron chi connectivity index (χ2n) is 4.00. The van der Waals surface area contributed by atoms with Gasteiger partial charge in [0.1, 0.15) is 5.82 Å². The monoisotopic (exact) mass is 224 g/mol. The van der Waals surface area contributed by atoms with Crippen molar-refractivity contribution in [3.8, 4) is 0 Å². The first-order valence-electron chi connectivity index (χ1n) is 5.49. The molecule has 0 saturated heterocycles. The number of hydrogen-bond donors (Lipinski definition) is 0. The molecule has 0 aromatic heterocycles. The van der Waals surface area contributed by atoms with Gasteiger partial charge in [-0.05, 0) is 18.9 Å². The predicted octanol–water partition coefficient (Wildman–Crippen LogP) is 3.13. The van der Waals surface area contributed by atoms with Crippen LogP contribution < -0.4 is 0 Å². The zero-order valence-electron chi connectivity index (χ0n) is 9.87. The summed E-state index contributed by atoms with van der Waals surface area (Å²) < 4.78 is 18.6. The van der Waals surface area contributed by atoms with E-state index in [9.17, 15) is 9.18 Å². The second kappa shape index (κ2) is 5.64. The van der Waals surface area contributed by atoms with Gasteiger partial charge in [0.05, 0.1) is 12.5 Å². The van der Waals surface area contributed by atoms with Crippen molar-refractivity contribution in [2.75, 3.05) is 6.61 Å². The van der Waals surface area contributed by atoms with Crippen LogP contribution in [0.3, 0.4) is 0 Å². The van der Waals surface area contributed by atoms with Crippen molar-refractivity contribution in [2.45, 2.75) is 26.7 Å². The van der Waals surface area contributed by atoms with Crippen LogP contribution in [-0.4, -0.2) is 12.6 Å². The van der Waals surface area contributed by atoms with Crippen LogP contribution in [-0.2, 0) is 9.53 Å². The summed E-state index contributed by atoms with van der Waals surface area (Å²) in [4.78, 5) is 11.7. The van der Waals surface area contributed by atoms with Crippen LogP contribution in [0.15, 0.2) is 24.3 Å². The van der Waals surface area contributed by atoms with Crippen molar-refractivity contribution < 1.29 is 13.9 Å². The van der Waals surface area contributed by atoms with Crippen LogP contribution in [0.4, 0.5) is 4.39 Å². The van der Waals surface area contributed by atoms with Crippen LogP contribution in [0.25, 0.3) is 0 Å². The zero-order valence-corrected chi connectivity index (χ0v) is 9.87. The van der Waals surface area contributed by atoms with Crippen LogP contribution in [0, 0.1) is 11.7 Å². The maximum Gasteiger partial charge on any atom is 0.313 e. The highest BCUT2D eigenvalue weighted by molar-refractivity contribution is 5.78. The van der Waals surface area contributed by atoms with Gasteiger partial charge in [0, 0.05) is 5.56 Å². The van der Waals surface area contributed by atoms with E-state index in [2.05, 4.69) is 0 Å². The number of benzene rings is 1. The molecule has 0 spiro atoms. The lowest BCUT2D eigenvalue weighted by molar-refractivity contribution is -0.146. The molecule has 1 rings (SSSR count). The molecule has 3 heteroatoms. The lowest BCUT2D eigenvalue weighted by Gasteiger charge is -2.19. The normalized spacial score (nSPS) is 12.6. The molecule has 0 heterocycles. The van der Waals surface area contributed by atoms with E-state index >= 15 is 0 Å². The van der Waals surface area contributed by atoms with Gasteiger partial charge >= 0.3 is 5.97 Å². The third kappa shape index (κ3) is 2.81. The number of ether oxygens (including phenoxy) is 1. The average Bonchev–Trinajstić information content (AvgIpc) is 2.21. The van der Waals surface area contributed by atoms with E-state index in [0.717, 1.165) is 0 Å². The molecule has 0 radical (unpaired) electrons. The highest BCUT2D eigenvalue weighted by Gasteiger charge is 2.27. The molecule has 1 atom stereocenters. The Balaban J connectivity index is 3.03. The number of rotatable bonds is 4. The SMILES string of the molecule is CCOC(=O)C(c1ccccc1F)C(C)C. The molecule has 88 valence electrons. The van der Waals surface area contributed by atoms with E-state index in [1.54, 1.807) is 25.1 Å². The summed E-state index contributed by atoms with van der Waals surface area (Å²) in [7, 11) is 0. The fourth-order valence-electron chi connectivity index (χ4n) is 1.72. The molecule has 1 aromatic carbocycles. The van der Waals surface area contributed by atoms with Gasteiger partial charge in [-0.25, -0.2) is 4.39 Å². The molecule has 0 aliphatic heterocycles. The van der Waals surface area contributed by atoms with Gasteiger partial charge in [-0.1, -0.05) is 32.0 Å². The van der Waals surface area contributed by atoms with E-state index in [1.807, 2.05) is 13.8 Å². The fraction of sp³-hybridized carbons (Fsp3) is 0.462. The van der Waals surface area contributed by atoms with Crippen molar-refractivity contribution in [3.63, 3.8) is 0 Å². The quantitative estimate of drug-likeness (QED) is 0.734. The third-order valence-electron chi connectivity index (χ3n) is 2.45. The topological polar surface area (TPSA) is 26.3 Å². The molecule has 0 amide bonds. The molecule has 0 bridgehead atoms. The maximum absolute atomic E-state index is 13.6. The Labute approximate surface area is 95.4 Å². The number of hydrogen-bond acceptors (Lipinski definition) is 2. The van der Waals surface area contributed by atoms with Crippen LogP contribution >= 0.6 is 0 Å². The lowest BCUT2D eigenvalue weighted by atomic mass is 9.88. The maximum atomic E-state index is 13.6. The minimum atomic E-state index is -0.527. The summed E-state index contributed by atoms with van der Waals surface area (Å²) in [6.07, 6.45) is 0. The smallest absolute Gasteiger partial charge is 0.313 e. The molecule has 0 aliphatic carbocycles. The molecule has 0 aliphatic rings. The van der Waals surface area contributed by atoms with Crippen LogP contribution in [0.1, 0.15) is 32.3 Å². The van der Waals surface area contributed by atoms with Gasteiger partial charge in [-0.15, -0.1) is 0 Å². The van der Waals surface area contributed by atoms with E-state index in [4.69, 9.17) is 4.74 Å². The largest absolute Gasteiger partial charge is 0.466 e. The summed E-state index contributed by atoms with van der Waals surface area (Å²) in [5.41, 5.74) is 0.413. The van der Waals surface area contributed by atoms with Crippen molar-refractivity contribution in [1.82, 2.24) is 0 Å². The second-order valence-corrected chi connectivity index (χ2v) is 4.00. The Morgan fingerprint density at radius 1 is 1.38 bits per heavy atom. The minimum absolute atomic E-state index is 0.0101. The molecular formula is C13H17FO2. The highest BCUT2D eigenvalue weighted by atomic mass is 19.1. The van der Waals surface area contributed by atoms with Gasteiger partial charge < -0.3 is 4.74 Å². The molecule has 0 N–H and O–H groups in total. The highest BCUT2D eigenvalue weighted by Crippen LogP contribution is 2.27. The zero-order chi connectivity index (χ0) is 12.1. The number of esters is 1. The van der Waals surface area contributed by atoms with E-state index in [-0.39, 0.29) is 17.7 Å². The minimum Gasteiger partial charge on any atom is -0.466 e. The van der Waals surface area contributed by atoms with Gasteiger partial charge in [0.25, 0.3) is 0 Å². The van der Waals surface area contributed by atoms with E-state index in [0.29, 0.717) is 12.2 Å². The number of carbonyl (C=O) groups is 1. The number of halogens is 1. The van der Waals surface area contributed by atoms with Gasteiger partial charge in [0.15, 0.2) is 0 Å². The van der Waals surface area contributed by atoms with Gasteiger partial charge in [-0.3, -0.25) is 4.79 Å². The Bertz CT molecular complexity index is 361. The van der Waals surface area contributed by atoms with Crippen molar-refractivity contribution >= 4 is 5.97 Å². The Hall–Kier alpha value is -1.38. The Morgan fingerprint density at radius 2 is 2.00 bits per heavy atom. The van der Waals surface area contributed by atoms with Crippen molar-refractivity contribution in [2.24, 2.45) is 5.92 Å². The molecule has 1 aromatic rings. The van der Waals surface area contributed by atoms with E-state index < -0.39 is 5.92 Å². The molecule has 0 saturated carbocycles. The summed E-state index contributed by atoms with van der Waals surface area (Å²) in [6, 6.07) is 6.34. The first-order chi connectivity index (χ1) is 7.57. The first kappa shape index (κ1) is 12.7. The molecular weight excluding hydrogens is 207 g/mol. The standard InChI is InChI=1S/C13H17FO2/c1-4-16-13(15)12(9(2)3)10-7-5-6-8-11(10)14/h5-9,12H,4H2,1-3H3. The summed E-state index contributed by atoms with van der Waals surface area (Å²) >= 11 is 0. The fourth-order valence-corrected chi connectivity index (χ4v) is 1.72.